The number of nitrogens with one attached hydrogen (secondary N) is 2. The lowest BCUT2D eigenvalue weighted by Crippen LogP contribution is -2.39. The van der Waals surface area contributed by atoms with Gasteiger partial charge in [0.1, 0.15) is 5.82 Å². The summed E-state index contributed by atoms with van der Waals surface area (Å²) < 4.78 is 13.5. The van der Waals surface area contributed by atoms with Gasteiger partial charge >= 0.3 is 0 Å². The van der Waals surface area contributed by atoms with Gasteiger partial charge in [-0.25, -0.2) is 9.38 Å². The molecule has 1 heterocycles. The molecule has 0 radical (unpaired) electrons. The molecule has 0 spiro atoms. The van der Waals surface area contributed by atoms with Crippen molar-refractivity contribution in [3.63, 3.8) is 0 Å². The van der Waals surface area contributed by atoms with Crippen LogP contribution in [0.2, 0.25) is 0 Å². The predicted octanol–water partition coefficient (Wildman–Crippen LogP) is 3.48. The van der Waals surface area contributed by atoms with E-state index in [0.717, 1.165) is 41.8 Å². The normalized spacial score (nSPS) is 16.7. The predicted molar refractivity (Wildman–Crippen MR) is 111 cm³/mol. The Labute approximate surface area is 162 Å². The second-order valence-electron chi connectivity index (χ2n) is 7.00. The van der Waals surface area contributed by atoms with Crippen molar-refractivity contribution in [1.29, 1.82) is 0 Å². The molecule has 0 amide bonds. The molecule has 0 atom stereocenters. The first kappa shape index (κ1) is 21.0. The number of likely N-dealkylation sites (tertiary alicyclic amines) is 1. The third kappa shape index (κ3) is 7.16. The molecule has 1 fully saturated rings. The Kier molecular flexibility index (Phi) is 9.26. The summed E-state index contributed by atoms with van der Waals surface area (Å²) in [5.74, 6) is 2.29. The highest BCUT2D eigenvalue weighted by Crippen LogP contribution is 2.19. The summed E-state index contributed by atoms with van der Waals surface area (Å²) in [5, 5.41) is 6.77. The van der Waals surface area contributed by atoms with Crippen LogP contribution in [0.5, 0.6) is 0 Å². The number of guanidine groups is 1. The first-order chi connectivity index (χ1) is 12.6. The minimum Gasteiger partial charge on any atom is -0.357 e. The van der Waals surface area contributed by atoms with Crippen molar-refractivity contribution in [2.45, 2.75) is 38.5 Å². The number of benzene rings is 1. The molecular formula is C20H33FN4S. The summed E-state index contributed by atoms with van der Waals surface area (Å²) in [5.41, 5.74) is 2.12. The average molecular weight is 381 g/mol. The zero-order chi connectivity index (χ0) is 18.8. The van der Waals surface area contributed by atoms with Crippen LogP contribution < -0.4 is 10.6 Å². The number of thioether (sulfide) groups is 1. The summed E-state index contributed by atoms with van der Waals surface area (Å²) in [6.07, 6.45) is 5.80. The molecule has 0 unspecified atom stereocenters. The molecule has 146 valence electrons. The van der Waals surface area contributed by atoms with E-state index in [1.807, 2.05) is 12.3 Å². The van der Waals surface area contributed by atoms with Gasteiger partial charge in [-0.2, -0.15) is 11.8 Å². The number of halogens is 1. The largest absolute Gasteiger partial charge is 0.357 e. The van der Waals surface area contributed by atoms with E-state index in [2.05, 4.69) is 29.5 Å². The summed E-state index contributed by atoms with van der Waals surface area (Å²) in [6, 6.07) is 5.00. The van der Waals surface area contributed by atoms with Crippen LogP contribution in [0, 0.1) is 11.7 Å². The van der Waals surface area contributed by atoms with E-state index in [4.69, 9.17) is 4.99 Å². The SMILES string of the molecule is CCNC(=NCc1ccc(F)cc1CSC)NCCC1CCN(C)CC1. The molecule has 1 aromatic rings. The Morgan fingerprint density at radius 1 is 1.27 bits per heavy atom. The highest BCUT2D eigenvalue weighted by Gasteiger charge is 2.16. The van der Waals surface area contributed by atoms with Crippen LogP contribution in [0.4, 0.5) is 4.39 Å². The molecule has 0 bridgehead atoms. The van der Waals surface area contributed by atoms with Crippen molar-refractivity contribution in [1.82, 2.24) is 15.5 Å². The number of piperidine rings is 1. The van der Waals surface area contributed by atoms with Crippen molar-refractivity contribution in [2.24, 2.45) is 10.9 Å². The van der Waals surface area contributed by atoms with Crippen LogP contribution in [-0.4, -0.2) is 50.3 Å². The molecule has 2 N–H and O–H groups in total. The number of hydrogen-bond acceptors (Lipinski definition) is 3. The minimum absolute atomic E-state index is 0.176. The van der Waals surface area contributed by atoms with Crippen LogP contribution in [0.15, 0.2) is 23.2 Å². The number of aliphatic imine (C=N–C) groups is 1. The van der Waals surface area contributed by atoms with Gasteiger partial charge in [-0.1, -0.05) is 6.07 Å². The van der Waals surface area contributed by atoms with Gasteiger partial charge in [-0.05, 0) is 81.8 Å². The van der Waals surface area contributed by atoms with E-state index in [9.17, 15) is 4.39 Å². The zero-order valence-electron chi connectivity index (χ0n) is 16.4. The van der Waals surface area contributed by atoms with E-state index in [1.54, 1.807) is 17.8 Å². The van der Waals surface area contributed by atoms with Gasteiger partial charge in [0.15, 0.2) is 5.96 Å². The second kappa shape index (κ2) is 11.4. The molecule has 26 heavy (non-hydrogen) atoms. The van der Waals surface area contributed by atoms with E-state index in [-0.39, 0.29) is 5.82 Å². The first-order valence-electron chi connectivity index (χ1n) is 9.59. The van der Waals surface area contributed by atoms with Crippen LogP contribution in [0.25, 0.3) is 0 Å². The Balaban J connectivity index is 1.88. The van der Waals surface area contributed by atoms with Gasteiger partial charge in [0.2, 0.25) is 0 Å². The van der Waals surface area contributed by atoms with E-state index in [0.29, 0.717) is 6.54 Å². The fourth-order valence-corrected chi connectivity index (χ4v) is 3.87. The van der Waals surface area contributed by atoms with E-state index < -0.39 is 0 Å². The van der Waals surface area contributed by atoms with Crippen LogP contribution in [-0.2, 0) is 12.3 Å². The van der Waals surface area contributed by atoms with E-state index in [1.165, 1.54) is 38.4 Å². The fourth-order valence-electron chi connectivity index (χ4n) is 3.29. The monoisotopic (exact) mass is 380 g/mol. The second-order valence-corrected chi connectivity index (χ2v) is 7.87. The number of hydrogen-bond donors (Lipinski definition) is 2. The molecule has 1 saturated heterocycles. The molecule has 0 aliphatic carbocycles. The lowest BCUT2D eigenvalue weighted by Gasteiger charge is -2.29. The molecule has 2 rings (SSSR count). The van der Waals surface area contributed by atoms with Crippen molar-refractivity contribution in [3.8, 4) is 0 Å². The van der Waals surface area contributed by atoms with Gasteiger partial charge in [-0.3, -0.25) is 0 Å². The topological polar surface area (TPSA) is 39.7 Å². The summed E-state index contributed by atoms with van der Waals surface area (Å²) >= 11 is 1.70. The highest BCUT2D eigenvalue weighted by atomic mass is 32.2. The molecule has 1 aliphatic heterocycles. The van der Waals surface area contributed by atoms with Crippen molar-refractivity contribution in [3.05, 3.63) is 35.1 Å². The highest BCUT2D eigenvalue weighted by molar-refractivity contribution is 7.97. The van der Waals surface area contributed by atoms with Gasteiger partial charge in [0, 0.05) is 18.8 Å². The zero-order valence-corrected chi connectivity index (χ0v) is 17.2. The fraction of sp³-hybridized carbons (Fsp3) is 0.650. The smallest absolute Gasteiger partial charge is 0.191 e. The van der Waals surface area contributed by atoms with Gasteiger partial charge in [0.05, 0.1) is 6.54 Å². The van der Waals surface area contributed by atoms with Crippen molar-refractivity contribution < 1.29 is 4.39 Å². The quantitative estimate of drug-likeness (QED) is 0.535. The lowest BCUT2D eigenvalue weighted by molar-refractivity contribution is 0.213. The maximum absolute atomic E-state index is 13.5. The standard InChI is InChI=1S/C20H33FN4S/c1-4-22-20(23-10-7-16-8-11-25(2)12-9-16)24-14-17-5-6-19(21)13-18(17)15-26-3/h5-6,13,16H,4,7-12,14-15H2,1-3H3,(H2,22,23,24). The molecular weight excluding hydrogens is 347 g/mol. The third-order valence-corrected chi connectivity index (χ3v) is 5.50. The average Bonchev–Trinajstić information content (AvgIpc) is 2.63. The van der Waals surface area contributed by atoms with Crippen molar-refractivity contribution in [2.75, 3.05) is 39.5 Å². The maximum Gasteiger partial charge on any atom is 0.191 e. The summed E-state index contributed by atoms with van der Waals surface area (Å²) in [7, 11) is 2.20. The third-order valence-electron chi connectivity index (χ3n) is 4.90. The van der Waals surface area contributed by atoms with Crippen molar-refractivity contribution >= 4 is 17.7 Å². The van der Waals surface area contributed by atoms with Crippen LogP contribution in [0.1, 0.15) is 37.3 Å². The number of nitrogens with zero attached hydrogens (tertiary/aromatic N) is 2. The molecule has 1 aliphatic rings. The molecule has 1 aromatic carbocycles. The number of rotatable bonds is 8. The van der Waals surface area contributed by atoms with Gasteiger partial charge < -0.3 is 15.5 Å². The Hall–Kier alpha value is -1.27. The molecule has 0 aromatic heterocycles. The summed E-state index contributed by atoms with van der Waals surface area (Å²) in [6.45, 7) is 6.84. The minimum atomic E-state index is -0.176. The maximum atomic E-state index is 13.5. The van der Waals surface area contributed by atoms with Gasteiger partial charge in [-0.15, -0.1) is 0 Å². The lowest BCUT2D eigenvalue weighted by atomic mass is 9.94. The first-order valence-corrected chi connectivity index (χ1v) is 11.0. The van der Waals surface area contributed by atoms with Crippen LogP contribution >= 0.6 is 11.8 Å². The Bertz CT molecular complexity index is 571. The molecule has 0 saturated carbocycles. The molecule has 4 nitrogen and oxygen atoms in total. The summed E-state index contributed by atoms with van der Waals surface area (Å²) in [4.78, 5) is 7.11. The molecule has 6 heteroatoms. The van der Waals surface area contributed by atoms with E-state index >= 15 is 0 Å². The Morgan fingerprint density at radius 3 is 2.73 bits per heavy atom. The van der Waals surface area contributed by atoms with Crippen LogP contribution in [0.3, 0.4) is 0 Å². The Morgan fingerprint density at radius 2 is 2.04 bits per heavy atom. The van der Waals surface area contributed by atoms with Gasteiger partial charge in [0.25, 0.3) is 0 Å².